The van der Waals surface area contributed by atoms with Crippen molar-refractivity contribution in [2.75, 3.05) is 7.11 Å². The van der Waals surface area contributed by atoms with Crippen LogP contribution < -0.4 is 0 Å². The molecular formula is C12H18ClNOS. The van der Waals surface area contributed by atoms with E-state index in [2.05, 4.69) is 11.9 Å². The first kappa shape index (κ1) is 12.3. The highest BCUT2D eigenvalue weighted by atomic mass is 35.5. The van der Waals surface area contributed by atoms with E-state index in [1.54, 1.807) is 18.4 Å². The molecule has 0 aliphatic heterocycles. The molecular weight excluding hydrogens is 242 g/mol. The van der Waals surface area contributed by atoms with E-state index >= 15 is 0 Å². The van der Waals surface area contributed by atoms with Crippen LogP contribution in [0.15, 0.2) is 6.20 Å². The van der Waals surface area contributed by atoms with Crippen molar-refractivity contribution in [1.82, 2.24) is 4.98 Å². The van der Waals surface area contributed by atoms with Gasteiger partial charge in [-0.15, -0.1) is 22.9 Å². The van der Waals surface area contributed by atoms with E-state index in [1.807, 2.05) is 6.20 Å². The molecule has 0 aromatic carbocycles. The Labute approximate surface area is 106 Å². The number of nitrogens with zero attached hydrogens (tertiary/aromatic N) is 1. The number of hydrogen-bond acceptors (Lipinski definition) is 3. The van der Waals surface area contributed by atoms with Crippen LogP contribution in [-0.2, 0) is 16.2 Å². The summed E-state index contributed by atoms with van der Waals surface area (Å²) in [6, 6.07) is 0. The molecule has 2 unspecified atom stereocenters. The van der Waals surface area contributed by atoms with Crippen molar-refractivity contribution in [1.29, 1.82) is 0 Å². The van der Waals surface area contributed by atoms with E-state index in [0.29, 0.717) is 5.88 Å². The smallest absolute Gasteiger partial charge is 0.125 e. The second-order valence-electron chi connectivity index (χ2n) is 4.67. The van der Waals surface area contributed by atoms with Crippen molar-refractivity contribution in [2.45, 2.75) is 44.1 Å². The first-order chi connectivity index (χ1) is 7.70. The summed E-state index contributed by atoms with van der Waals surface area (Å²) >= 11 is 7.52. The van der Waals surface area contributed by atoms with Gasteiger partial charge in [0, 0.05) is 18.2 Å². The lowest BCUT2D eigenvalue weighted by molar-refractivity contribution is -0.0580. The first-order valence-corrected chi connectivity index (χ1v) is 7.11. The number of thiazole rings is 1. The first-order valence-electron chi connectivity index (χ1n) is 5.76. The van der Waals surface area contributed by atoms with Crippen LogP contribution in [0.1, 0.15) is 42.5 Å². The van der Waals surface area contributed by atoms with Gasteiger partial charge in [-0.05, 0) is 25.2 Å². The van der Waals surface area contributed by atoms with Crippen molar-refractivity contribution in [3.05, 3.63) is 16.1 Å². The minimum Gasteiger partial charge on any atom is -0.371 e. The van der Waals surface area contributed by atoms with Crippen LogP contribution in [0.4, 0.5) is 0 Å². The van der Waals surface area contributed by atoms with Gasteiger partial charge in [0.1, 0.15) is 10.6 Å². The van der Waals surface area contributed by atoms with Gasteiger partial charge in [-0.1, -0.05) is 13.3 Å². The molecule has 0 N–H and O–H groups in total. The van der Waals surface area contributed by atoms with E-state index < -0.39 is 0 Å². The van der Waals surface area contributed by atoms with Crippen LogP contribution in [-0.4, -0.2) is 12.1 Å². The zero-order valence-corrected chi connectivity index (χ0v) is 11.4. The lowest BCUT2D eigenvalue weighted by Gasteiger charge is -2.37. The fraction of sp³-hybridized carbons (Fsp3) is 0.750. The second-order valence-corrected chi connectivity index (χ2v) is 6.05. The van der Waals surface area contributed by atoms with Crippen LogP contribution in [0, 0.1) is 5.92 Å². The Balaban J connectivity index is 2.25. The summed E-state index contributed by atoms with van der Waals surface area (Å²) < 4.78 is 5.80. The van der Waals surface area contributed by atoms with Gasteiger partial charge in [0.25, 0.3) is 0 Å². The molecule has 0 saturated heterocycles. The maximum absolute atomic E-state index is 5.83. The van der Waals surface area contributed by atoms with Crippen molar-refractivity contribution >= 4 is 22.9 Å². The average Bonchev–Trinajstić information content (AvgIpc) is 2.78. The molecule has 1 saturated carbocycles. The summed E-state index contributed by atoms with van der Waals surface area (Å²) in [4.78, 5) is 5.63. The maximum Gasteiger partial charge on any atom is 0.125 e. The third-order valence-corrected chi connectivity index (χ3v) is 5.05. The van der Waals surface area contributed by atoms with Gasteiger partial charge in [-0.3, -0.25) is 0 Å². The Hall–Kier alpha value is -0.120. The minimum atomic E-state index is -0.146. The van der Waals surface area contributed by atoms with Crippen LogP contribution in [0.25, 0.3) is 0 Å². The SMILES string of the molecule is COC1(c2ncc(CCl)s2)CCCC(C)C1. The fourth-order valence-corrected chi connectivity index (χ4v) is 3.75. The molecule has 1 aliphatic carbocycles. The number of ether oxygens (including phenoxy) is 1. The number of aromatic nitrogens is 1. The molecule has 2 rings (SSSR count). The molecule has 90 valence electrons. The van der Waals surface area contributed by atoms with Gasteiger partial charge >= 0.3 is 0 Å². The molecule has 1 aromatic rings. The van der Waals surface area contributed by atoms with Gasteiger partial charge in [0.05, 0.1) is 5.88 Å². The van der Waals surface area contributed by atoms with E-state index in [1.165, 1.54) is 12.8 Å². The number of rotatable bonds is 3. The molecule has 1 fully saturated rings. The van der Waals surface area contributed by atoms with Gasteiger partial charge in [0.2, 0.25) is 0 Å². The number of halogens is 1. The quantitative estimate of drug-likeness (QED) is 0.768. The minimum absolute atomic E-state index is 0.146. The third kappa shape index (κ3) is 2.27. The predicted octanol–water partition coefficient (Wildman–Crippen LogP) is 3.93. The fourth-order valence-electron chi connectivity index (χ4n) is 2.55. The van der Waals surface area contributed by atoms with E-state index in [-0.39, 0.29) is 5.60 Å². The van der Waals surface area contributed by atoms with E-state index in [4.69, 9.17) is 16.3 Å². The van der Waals surface area contributed by atoms with Crippen molar-refractivity contribution in [3.8, 4) is 0 Å². The zero-order valence-electron chi connectivity index (χ0n) is 9.83. The Kier molecular flexibility index (Phi) is 3.88. The molecule has 0 amide bonds. The molecule has 2 nitrogen and oxygen atoms in total. The van der Waals surface area contributed by atoms with Crippen molar-refractivity contribution < 1.29 is 4.74 Å². The molecule has 4 heteroatoms. The average molecular weight is 260 g/mol. The third-order valence-electron chi connectivity index (χ3n) is 3.42. The van der Waals surface area contributed by atoms with E-state index in [0.717, 1.165) is 28.6 Å². The standard InChI is InChI=1S/C12H18ClNOS/c1-9-4-3-5-12(6-9,15-2)11-14-8-10(7-13)16-11/h8-9H,3-7H2,1-2H3. The Bertz CT molecular complexity index is 355. The molecule has 0 bridgehead atoms. The Morgan fingerprint density at radius 3 is 3.06 bits per heavy atom. The molecule has 2 atom stereocenters. The Morgan fingerprint density at radius 1 is 1.69 bits per heavy atom. The van der Waals surface area contributed by atoms with Crippen LogP contribution in [0.3, 0.4) is 0 Å². The number of methoxy groups -OCH3 is 1. The van der Waals surface area contributed by atoms with Crippen molar-refractivity contribution in [3.63, 3.8) is 0 Å². The highest BCUT2D eigenvalue weighted by molar-refractivity contribution is 7.11. The van der Waals surface area contributed by atoms with Crippen LogP contribution in [0.2, 0.25) is 0 Å². The van der Waals surface area contributed by atoms with Crippen LogP contribution in [0.5, 0.6) is 0 Å². The molecule has 16 heavy (non-hydrogen) atoms. The molecule has 0 radical (unpaired) electrons. The van der Waals surface area contributed by atoms with Gasteiger partial charge in [-0.2, -0.15) is 0 Å². The summed E-state index contributed by atoms with van der Waals surface area (Å²) in [5, 5.41) is 1.11. The maximum atomic E-state index is 5.83. The normalized spacial score (nSPS) is 30.6. The highest BCUT2D eigenvalue weighted by Gasteiger charge is 2.39. The molecule has 1 heterocycles. The Morgan fingerprint density at radius 2 is 2.50 bits per heavy atom. The summed E-state index contributed by atoms with van der Waals surface area (Å²) in [5.41, 5.74) is -0.146. The van der Waals surface area contributed by atoms with Gasteiger partial charge < -0.3 is 4.74 Å². The summed E-state index contributed by atoms with van der Waals surface area (Å²) in [5.74, 6) is 1.27. The highest BCUT2D eigenvalue weighted by Crippen LogP contribution is 2.43. The topological polar surface area (TPSA) is 22.1 Å². The lowest BCUT2D eigenvalue weighted by atomic mass is 9.79. The summed E-state index contributed by atoms with van der Waals surface area (Å²) in [6.45, 7) is 2.29. The van der Waals surface area contributed by atoms with Gasteiger partial charge in [0.15, 0.2) is 0 Å². The summed E-state index contributed by atoms with van der Waals surface area (Å²) in [6.07, 6.45) is 6.58. The molecule has 1 aliphatic rings. The van der Waals surface area contributed by atoms with Crippen molar-refractivity contribution in [2.24, 2.45) is 5.92 Å². The number of alkyl halides is 1. The van der Waals surface area contributed by atoms with Gasteiger partial charge in [-0.25, -0.2) is 4.98 Å². The largest absolute Gasteiger partial charge is 0.371 e. The zero-order chi connectivity index (χ0) is 11.6. The van der Waals surface area contributed by atoms with E-state index in [9.17, 15) is 0 Å². The second kappa shape index (κ2) is 5.03. The molecule has 1 aromatic heterocycles. The predicted molar refractivity (Wildman–Crippen MR) is 68.0 cm³/mol. The summed E-state index contributed by atoms with van der Waals surface area (Å²) in [7, 11) is 1.81. The lowest BCUT2D eigenvalue weighted by Crippen LogP contribution is -2.34. The number of hydrogen-bond donors (Lipinski definition) is 0. The monoisotopic (exact) mass is 259 g/mol. The van der Waals surface area contributed by atoms with Crippen LogP contribution >= 0.6 is 22.9 Å². The molecule has 0 spiro atoms.